The molecule has 5 aliphatic rings. The van der Waals surface area contributed by atoms with Crippen molar-refractivity contribution in [2.24, 2.45) is 57.0 Å². The summed E-state index contributed by atoms with van der Waals surface area (Å²) in [6.07, 6.45) is 10.8. The molecule has 0 aromatic heterocycles. The first-order chi connectivity index (χ1) is 14.8. The zero-order valence-corrected chi connectivity index (χ0v) is 20.7. The van der Waals surface area contributed by atoms with Crippen molar-refractivity contribution in [2.45, 2.75) is 98.5 Å². The Hall–Kier alpha value is -1.16. The minimum absolute atomic E-state index is 0.0220. The number of ketones is 1. The van der Waals surface area contributed by atoms with E-state index in [-0.39, 0.29) is 45.5 Å². The summed E-state index contributed by atoms with van der Waals surface area (Å²) in [5.74, 6) is 1.25. The molecular formula is C28H43NO3. The fourth-order valence-corrected chi connectivity index (χ4v) is 10.0. The van der Waals surface area contributed by atoms with Gasteiger partial charge in [0.25, 0.3) is 0 Å². The van der Waals surface area contributed by atoms with E-state index in [4.69, 9.17) is 5.73 Å². The Morgan fingerprint density at radius 3 is 2.28 bits per heavy atom. The number of carbonyl (C=O) groups is 2. The smallest absolute Gasteiger partial charge is 0.220 e. The summed E-state index contributed by atoms with van der Waals surface area (Å²) in [5, 5.41) is 10.8. The van der Waals surface area contributed by atoms with Crippen LogP contribution in [0.25, 0.3) is 0 Å². The molecule has 0 heterocycles. The number of aliphatic hydroxyl groups excluding tert-OH is 1. The van der Waals surface area contributed by atoms with E-state index >= 15 is 0 Å². The van der Waals surface area contributed by atoms with Gasteiger partial charge in [-0.05, 0) is 103 Å². The van der Waals surface area contributed by atoms with E-state index in [0.29, 0.717) is 23.5 Å². The molecule has 4 saturated carbocycles. The van der Waals surface area contributed by atoms with Gasteiger partial charge in [-0.2, -0.15) is 0 Å². The lowest BCUT2D eigenvalue weighted by Crippen LogP contribution is -2.63. The third kappa shape index (κ3) is 2.83. The summed E-state index contributed by atoms with van der Waals surface area (Å²) < 4.78 is 0. The van der Waals surface area contributed by atoms with Crippen LogP contribution in [0.15, 0.2) is 11.6 Å². The minimum Gasteiger partial charge on any atom is -0.393 e. The SMILES string of the molecule is CC1(C)C(O)CC[C@@]2(C)C1CC[C@@]1(C)C3CC[C@@]4(C)CC[C@H](C(N)=O)C[C@H]4C3=CC(=O)C12. The number of fused-ring (bicyclic) bond motifs is 7. The quantitative estimate of drug-likeness (QED) is 0.599. The molecule has 0 radical (unpaired) electrons. The van der Waals surface area contributed by atoms with Gasteiger partial charge in [0.2, 0.25) is 5.91 Å². The maximum Gasteiger partial charge on any atom is 0.220 e. The molecule has 0 aliphatic heterocycles. The van der Waals surface area contributed by atoms with Crippen LogP contribution in [0.4, 0.5) is 0 Å². The predicted molar refractivity (Wildman–Crippen MR) is 125 cm³/mol. The van der Waals surface area contributed by atoms with Crippen LogP contribution in [0.2, 0.25) is 0 Å². The van der Waals surface area contributed by atoms with Gasteiger partial charge in [-0.3, -0.25) is 9.59 Å². The number of nitrogens with two attached hydrogens (primary N) is 1. The maximum atomic E-state index is 14.0. The number of hydrogen-bond donors (Lipinski definition) is 2. The first kappa shape index (κ1) is 22.6. The van der Waals surface area contributed by atoms with Gasteiger partial charge in [0.05, 0.1) is 6.10 Å². The standard InChI is InChI=1S/C28H43NO3/c1-25(2)21-8-12-27(4)18-7-11-26(3)10-6-16(24(29)32)14-19(26)17(18)15-20(30)23(27)28(21,5)13-9-22(25)31/h15-16,18-19,21-23,31H,6-14H2,1-5H3,(H2,29,32)/t16-,18?,19-,21?,22?,23?,26+,27-,28-/m0/s1. The lowest BCUT2D eigenvalue weighted by Gasteiger charge is -2.67. The van der Waals surface area contributed by atoms with E-state index < -0.39 is 0 Å². The van der Waals surface area contributed by atoms with Gasteiger partial charge in [0, 0.05) is 11.8 Å². The Morgan fingerprint density at radius 1 is 0.938 bits per heavy atom. The second kappa shape index (κ2) is 6.93. The van der Waals surface area contributed by atoms with Crippen LogP contribution in [-0.2, 0) is 9.59 Å². The summed E-state index contributed by atoms with van der Waals surface area (Å²) in [4.78, 5) is 26.1. The highest BCUT2D eigenvalue weighted by Crippen LogP contribution is 2.70. The van der Waals surface area contributed by atoms with Gasteiger partial charge in [-0.15, -0.1) is 0 Å². The molecule has 0 spiro atoms. The zero-order chi connectivity index (χ0) is 23.3. The van der Waals surface area contributed by atoms with E-state index in [1.54, 1.807) is 0 Å². The molecule has 0 bridgehead atoms. The van der Waals surface area contributed by atoms with Crippen molar-refractivity contribution in [1.82, 2.24) is 0 Å². The second-order valence-electron chi connectivity index (χ2n) is 13.6. The first-order valence-corrected chi connectivity index (χ1v) is 13.1. The highest BCUT2D eigenvalue weighted by atomic mass is 16.3. The number of aliphatic hydroxyl groups is 1. The molecule has 5 rings (SSSR count). The Morgan fingerprint density at radius 2 is 1.59 bits per heavy atom. The van der Waals surface area contributed by atoms with Crippen molar-refractivity contribution in [1.29, 1.82) is 0 Å². The number of amides is 1. The number of carbonyl (C=O) groups excluding carboxylic acids is 2. The monoisotopic (exact) mass is 441 g/mol. The molecule has 1 amide bonds. The molecule has 4 fully saturated rings. The Kier molecular flexibility index (Phi) is 4.90. The molecule has 4 unspecified atom stereocenters. The molecule has 0 saturated heterocycles. The molecular weight excluding hydrogens is 398 g/mol. The van der Waals surface area contributed by atoms with Crippen LogP contribution in [0.3, 0.4) is 0 Å². The lowest BCUT2D eigenvalue weighted by molar-refractivity contribution is -0.188. The molecule has 0 aromatic carbocycles. The van der Waals surface area contributed by atoms with Gasteiger partial charge in [-0.25, -0.2) is 0 Å². The van der Waals surface area contributed by atoms with E-state index in [2.05, 4.69) is 34.6 Å². The topological polar surface area (TPSA) is 80.4 Å². The van der Waals surface area contributed by atoms with Crippen molar-refractivity contribution in [2.75, 3.05) is 0 Å². The van der Waals surface area contributed by atoms with E-state index in [1.165, 1.54) is 12.0 Å². The average Bonchev–Trinajstić information content (AvgIpc) is 2.69. The summed E-state index contributed by atoms with van der Waals surface area (Å²) >= 11 is 0. The van der Waals surface area contributed by atoms with Crippen molar-refractivity contribution >= 4 is 11.7 Å². The van der Waals surface area contributed by atoms with Crippen molar-refractivity contribution in [3.8, 4) is 0 Å². The second-order valence-corrected chi connectivity index (χ2v) is 13.6. The molecule has 3 N–H and O–H groups in total. The van der Waals surface area contributed by atoms with Crippen LogP contribution in [-0.4, -0.2) is 22.9 Å². The molecule has 4 nitrogen and oxygen atoms in total. The van der Waals surface area contributed by atoms with Crippen LogP contribution in [0.5, 0.6) is 0 Å². The van der Waals surface area contributed by atoms with Gasteiger partial charge in [0.15, 0.2) is 5.78 Å². The third-order valence-electron chi connectivity index (χ3n) is 11.8. The fraction of sp³-hybridized carbons (Fsp3) is 0.857. The number of rotatable bonds is 1. The Balaban J connectivity index is 1.56. The maximum absolute atomic E-state index is 14.0. The van der Waals surface area contributed by atoms with Crippen LogP contribution < -0.4 is 5.73 Å². The first-order valence-electron chi connectivity index (χ1n) is 13.1. The minimum atomic E-state index is -0.280. The summed E-state index contributed by atoms with van der Waals surface area (Å²) in [6.45, 7) is 11.6. The zero-order valence-electron chi connectivity index (χ0n) is 20.7. The average molecular weight is 442 g/mol. The van der Waals surface area contributed by atoms with Crippen molar-refractivity contribution < 1.29 is 14.7 Å². The van der Waals surface area contributed by atoms with Crippen LogP contribution >= 0.6 is 0 Å². The van der Waals surface area contributed by atoms with E-state index in [0.717, 1.165) is 51.4 Å². The third-order valence-corrected chi connectivity index (χ3v) is 11.8. The van der Waals surface area contributed by atoms with Crippen molar-refractivity contribution in [3.63, 3.8) is 0 Å². The largest absolute Gasteiger partial charge is 0.393 e. The predicted octanol–water partition coefficient (Wildman–Crippen LogP) is 5.03. The number of primary amides is 1. The highest BCUT2D eigenvalue weighted by Gasteiger charge is 2.66. The Labute approximate surface area is 193 Å². The number of allylic oxidation sites excluding steroid dienone is 2. The van der Waals surface area contributed by atoms with Gasteiger partial charge >= 0.3 is 0 Å². The molecule has 4 heteroatoms. The highest BCUT2D eigenvalue weighted by molar-refractivity contribution is 5.95. The molecule has 32 heavy (non-hydrogen) atoms. The van der Waals surface area contributed by atoms with Crippen molar-refractivity contribution in [3.05, 3.63) is 11.6 Å². The number of hydrogen-bond acceptors (Lipinski definition) is 3. The van der Waals surface area contributed by atoms with Gasteiger partial charge in [0.1, 0.15) is 0 Å². The molecule has 5 aliphatic carbocycles. The van der Waals surface area contributed by atoms with Crippen LogP contribution in [0, 0.1) is 51.2 Å². The molecule has 0 aromatic rings. The normalized spacial score (nSPS) is 52.1. The molecule has 9 atom stereocenters. The van der Waals surface area contributed by atoms with Gasteiger partial charge < -0.3 is 10.8 Å². The summed E-state index contributed by atoms with van der Waals surface area (Å²) in [6, 6.07) is 0. The molecule has 178 valence electrons. The summed E-state index contributed by atoms with van der Waals surface area (Å²) in [7, 11) is 0. The van der Waals surface area contributed by atoms with Gasteiger partial charge in [-0.1, -0.05) is 40.2 Å². The van der Waals surface area contributed by atoms with Crippen LogP contribution in [0.1, 0.15) is 92.4 Å². The summed E-state index contributed by atoms with van der Waals surface area (Å²) in [5.41, 5.74) is 7.05. The van der Waals surface area contributed by atoms with E-state index in [1.807, 2.05) is 6.08 Å². The fourth-order valence-electron chi connectivity index (χ4n) is 10.0. The Bertz CT molecular complexity index is 876. The van der Waals surface area contributed by atoms with E-state index in [9.17, 15) is 14.7 Å². The lowest BCUT2D eigenvalue weighted by atomic mass is 9.37.